The highest BCUT2D eigenvalue weighted by atomic mass is 79.9. The summed E-state index contributed by atoms with van der Waals surface area (Å²) in [6, 6.07) is 21.2. The van der Waals surface area contributed by atoms with E-state index in [4.69, 9.17) is 21.7 Å². The lowest BCUT2D eigenvalue weighted by Crippen LogP contribution is -2.31. The van der Waals surface area contributed by atoms with Crippen molar-refractivity contribution in [1.82, 2.24) is 4.90 Å². The number of benzene rings is 3. The Kier molecular flexibility index (Phi) is 7.37. The van der Waals surface area contributed by atoms with Crippen LogP contribution in [0.2, 0.25) is 0 Å². The highest BCUT2D eigenvalue weighted by molar-refractivity contribution is 9.10. The molecular weight excluding hydrogens is 572 g/mol. The van der Waals surface area contributed by atoms with E-state index in [9.17, 15) is 9.59 Å². The van der Waals surface area contributed by atoms with Crippen LogP contribution in [0.5, 0.6) is 11.5 Å². The largest absolute Gasteiger partial charge is 0.493 e. The van der Waals surface area contributed by atoms with E-state index in [-0.39, 0.29) is 11.8 Å². The minimum absolute atomic E-state index is 0.197. The molecule has 0 spiro atoms. The molecule has 0 atom stereocenters. The van der Waals surface area contributed by atoms with Crippen LogP contribution in [0.1, 0.15) is 16.7 Å². The van der Waals surface area contributed by atoms with Crippen molar-refractivity contribution < 1.29 is 19.1 Å². The summed E-state index contributed by atoms with van der Waals surface area (Å²) in [5.41, 5.74) is 3.91. The van der Waals surface area contributed by atoms with Crippen molar-refractivity contribution in [2.75, 3.05) is 25.7 Å². The van der Waals surface area contributed by atoms with Crippen molar-refractivity contribution >= 4 is 67.3 Å². The molecule has 188 valence electrons. The van der Waals surface area contributed by atoms with Crippen molar-refractivity contribution in [3.8, 4) is 11.5 Å². The number of thioether (sulfide) groups is 1. The standard InChI is InChI=1S/C28H23BrN2O4S2/c1-34-22-11-8-17(14-23(22)35-2)12-13-30-27(33)25(37-28(30)36)24-20-15-19(29)9-10-21(20)31(26(24)32)16-18-6-4-3-5-7-18/h3-11,14-15H,12-13,16H2,1-2H3/b25-24+. The minimum Gasteiger partial charge on any atom is -0.493 e. The van der Waals surface area contributed by atoms with Crippen LogP contribution >= 0.6 is 39.9 Å². The Morgan fingerprint density at radius 2 is 1.62 bits per heavy atom. The van der Waals surface area contributed by atoms with E-state index in [0.29, 0.717) is 45.8 Å². The fourth-order valence-corrected chi connectivity index (χ4v) is 6.21. The Bertz CT molecular complexity index is 1440. The lowest BCUT2D eigenvalue weighted by atomic mass is 10.1. The van der Waals surface area contributed by atoms with Crippen LogP contribution < -0.4 is 14.4 Å². The molecule has 5 rings (SSSR count). The second kappa shape index (κ2) is 10.7. The van der Waals surface area contributed by atoms with Gasteiger partial charge in [-0.15, -0.1) is 0 Å². The van der Waals surface area contributed by atoms with E-state index in [1.807, 2.05) is 66.7 Å². The molecule has 0 N–H and O–H groups in total. The molecule has 3 aromatic carbocycles. The molecule has 2 aliphatic rings. The van der Waals surface area contributed by atoms with Crippen LogP contribution in [0.3, 0.4) is 0 Å². The Morgan fingerprint density at radius 3 is 2.35 bits per heavy atom. The number of fused-ring (bicyclic) bond motifs is 1. The summed E-state index contributed by atoms with van der Waals surface area (Å²) in [6.07, 6.45) is 0.575. The molecule has 6 nitrogen and oxygen atoms in total. The van der Waals surface area contributed by atoms with Gasteiger partial charge in [0.05, 0.1) is 36.9 Å². The zero-order valence-electron chi connectivity index (χ0n) is 20.2. The molecular formula is C28H23BrN2O4S2. The van der Waals surface area contributed by atoms with Crippen LogP contribution in [0, 0.1) is 0 Å². The zero-order valence-corrected chi connectivity index (χ0v) is 23.4. The van der Waals surface area contributed by atoms with Gasteiger partial charge >= 0.3 is 0 Å². The highest BCUT2D eigenvalue weighted by Crippen LogP contribution is 2.46. The van der Waals surface area contributed by atoms with Gasteiger partial charge in [0.15, 0.2) is 11.5 Å². The fraction of sp³-hybridized carbons (Fsp3) is 0.179. The summed E-state index contributed by atoms with van der Waals surface area (Å²) in [5.74, 6) is 0.833. The normalized spacial score (nSPS) is 17.0. The zero-order chi connectivity index (χ0) is 26.1. The number of methoxy groups -OCH3 is 2. The van der Waals surface area contributed by atoms with Crippen LogP contribution in [0.25, 0.3) is 5.57 Å². The van der Waals surface area contributed by atoms with E-state index >= 15 is 0 Å². The summed E-state index contributed by atoms with van der Waals surface area (Å²) in [6.45, 7) is 0.807. The average molecular weight is 596 g/mol. The quantitative estimate of drug-likeness (QED) is 0.253. The number of amides is 2. The number of anilines is 1. The van der Waals surface area contributed by atoms with Crippen molar-refractivity contribution in [3.63, 3.8) is 0 Å². The van der Waals surface area contributed by atoms with Crippen molar-refractivity contribution in [3.05, 3.63) is 92.8 Å². The molecule has 1 saturated heterocycles. The first-order chi connectivity index (χ1) is 17.9. The number of thiocarbonyl (C=S) groups is 1. The van der Waals surface area contributed by atoms with Gasteiger partial charge in [-0.25, -0.2) is 0 Å². The number of nitrogens with zero attached hydrogens (tertiary/aromatic N) is 2. The molecule has 0 saturated carbocycles. The van der Waals surface area contributed by atoms with Crippen molar-refractivity contribution in [2.45, 2.75) is 13.0 Å². The molecule has 1 fully saturated rings. The maximum absolute atomic E-state index is 13.7. The van der Waals surface area contributed by atoms with Gasteiger partial charge in [-0.2, -0.15) is 0 Å². The predicted octanol–water partition coefficient (Wildman–Crippen LogP) is 5.83. The summed E-state index contributed by atoms with van der Waals surface area (Å²) in [7, 11) is 3.18. The Morgan fingerprint density at radius 1 is 0.865 bits per heavy atom. The molecule has 0 unspecified atom stereocenters. The van der Waals surface area contributed by atoms with Gasteiger partial charge in [0.1, 0.15) is 4.32 Å². The summed E-state index contributed by atoms with van der Waals surface area (Å²) in [4.78, 5) is 31.0. The lowest BCUT2D eigenvalue weighted by Gasteiger charge is -2.17. The number of hydrogen-bond acceptors (Lipinski definition) is 6. The maximum Gasteiger partial charge on any atom is 0.267 e. The molecule has 0 radical (unpaired) electrons. The van der Waals surface area contributed by atoms with Crippen LogP contribution in [0.15, 0.2) is 76.1 Å². The van der Waals surface area contributed by atoms with E-state index in [0.717, 1.165) is 26.9 Å². The predicted molar refractivity (Wildman–Crippen MR) is 154 cm³/mol. The third-order valence-electron chi connectivity index (χ3n) is 6.31. The maximum atomic E-state index is 13.7. The first-order valence-corrected chi connectivity index (χ1v) is 13.6. The number of carbonyl (C=O) groups is 2. The van der Waals surface area contributed by atoms with Gasteiger partial charge in [-0.05, 0) is 47.9 Å². The summed E-state index contributed by atoms with van der Waals surface area (Å²) < 4.78 is 12.0. The highest BCUT2D eigenvalue weighted by Gasteiger charge is 2.42. The molecule has 3 aromatic rings. The molecule has 0 bridgehead atoms. The summed E-state index contributed by atoms with van der Waals surface area (Å²) >= 11 is 10.3. The Hall–Kier alpha value is -3.14. The SMILES string of the molecule is COc1ccc(CCN2C(=O)/C(=C3\C(=O)N(Cc4ccccc4)c4ccc(Br)cc43)SC2=S)cc1OC. The number of halogens is 1. The third-order valence-corrected chi connectivity index (χ3v) is 8.25. The van der Waals surface area contributed by atoms with E-state index in [1.165, 1.54) is 11.8 Å². The number of rotatable bonds is 7. The second-order valence-electron chi connectivity index (χ2n) is 8.51. The van der Waals surface area contributed by atoms with Gasteiger partial charge in [-0.3, -0.25) is 14.5 Å². The Balaban J connectivity index is 1.44. The number of hydrogen-bond donors (Lipinski definition) is 0. The van der Waals surface area contributed by atoms with E-state index in [1.54, 1.807) is 24.0 Å². The van der Waals surface area contributed by atoms with Gasteiger partial charge < -0.3 is 14.4 Å². The third kappa shape index (κ3) is 4.91. The molecule has 2 amide bonds. The monoisotopic (exact) mass is 594 g/mol. The number of ether oxygens (including phenoxy) is 2. The van der Waals surface area contributed by atoms with Gasteiger partial charge in [0.25, 0.3) is 11.8 Å². The van der Waals surface area contributed by atoms with Crippen LogP contribution in [-0.4, -0.2) is 41.8 Å². The van der Waals surface area contributed by atoms with Crippen molar-refractivity contribution in [1.29, 1.82) is 0 Å². The minimum atomic E-state index is -0.244. The fourth-order valence-electron chi connectivity index (χ4n) is 4.47. The van der Waals surface area contributed by atoms with Gasteiger partial charge in [0.2, 0.25) is 0 Å². The van der Waals surface area contributed by atoms with Crippen molar-refractivity contribution in [2.24, 2.45) is 0 Å². The molecule has 0 aliphatic carbocycles. The first-order valence-electron chi connectivity index (χ1n) is 11.6. The molecule has 2 heterocycles. The molecule has 2 aliphatic heterocycles. The average Bonchev–Trinajstić information content (AvgIpc) is 3.33. The second-order valence-corrected chi connectivity index (χ2v) is 11.1. The smallest absolute Gasteiger partial charge is 0.267 e. The van der Waals surface area contributed by atoms with E-state index < -0.39 is 0 Å². The Labute approximate surface area is 233 Å². The van der Waals surface area contributed by atoms with Gasteiger partial charge in [0, 0.05) is 16.6 Å². The molecule has 9 heteroatoms. The molecule has 0 aromatic heterocycles. The van der Waals surface area contributed by atoms with Crippen LogP contribution in [0.4, 0.5) is 5.69 Å². The van der Waals surface area contributed by atoms with E-state index in [2.05, 4.69) is 15.9 Å². The van der Waals surface area contributed by atoms with Gasteiger partial charge in [-0.1, -0.05) is 76.3 Å². The molecule has 37 heavy (non-hydrogen) atoms. The number of carbonyl (C=O) groups excluding carboxylic acids is 2. The summed E-state index contributed by atoms with van der Waals surface area (Å²) in [5, 5.41) is 0. The lowest BCUT2D eigenvalue weighted by molar-refractivity contribution is -0.122. The van der Waals surface area contributed by atoms with Crippen LogP contribution in [-0.2, 0) is 22.6 Å². The topological polar surface area (TPSA) is 59.1 Å². The first kappa shape index (κ1) is 25.5.